The quantitative estimate of drug-likeness (QED) is 0.638. The highest BCUT2D eigenvalue weighted by atomic mass is 32.1. The highest BCUT2D eigenvalue weighted by Crippen LogP contribution is 2.25. The number of ether oxygens (including phenoxy) is 1. The molecular formula is C19H24N2O3S2. The number of aromatic nitrogens is 1. The van der Waals surface area contributed by atoms with Crippen LogP contribution in [0.2, 0.25) is 0 Å². The number of rotatable bonds is 8. The maximum Gasteiger partial charge on any atom is 0.253 e. The van der Waals surface area contributed by atoms with Crippen LogP contribution in [0.1, 0.15) is 26.7 Å². The van der Waals surface area contributed by atoms with E-state index in [4.69, 9.17) is 17.0 Å². The predicted molar refractivity (Wildman–Crippen MR) is 109 cm³/mol. The summed E-state index contributed by atoms with van der Waals surface area (Å²) in [5, 5.41) is 0. The number of amides is 1. The summed E-state index contributed by atoms with van der Waals surface area (Å²) in [6.45, 7) is 5.81. The van der Waals surface area contributed by atoms with Gasteiger partial charge in [0.1, 0.15) is 5.75 Å². The smallest absolute Gasteiger partial charge is 0.253 e. The van der Waals surface area contributed by atoms with E-state index < -0.39 is 0 Å². The predicted octanol–water partition coefficient (Wildman–Crippen LogP) is 3.96. The summed E-state index contributed by atoms with van der Waals surface area (Å²) in [4.78, 5) is 27.2. The summed E-state index contributed by atoms with van der Waals surface area (Å²) in [6, 6.07) is 9.14. The largest absolute Gasteiger partial charge is 0.497 e. The van der Waals surface area contributed by atoms with Gasteiger partial charge in [0.15, 0.2) is 3.95 Å². The molecule has 0 saturated carbocycles. The molecule has 0 bridgehead atoms. The van der Waals surface area contributed by atoms with Gasteiger partial charge in [-0.1, -0.05) is 0 Å². The molecule has 0 aliphatic rings. The Morgan fingerprint density at radius 2 is 1.88 bits per heavy atom. The van der Waals surface area contributed by atoms with Crippen molar-refractivity contribution >= 4 is 29.5 Å². The van der Waals surface area contributed by atoms with Crippen LogP contribution in [0.15, 0.2) is 35.1 Å². The van der Waals surface area contributed by atoms with Crippen molar-refractivity contribution in [2.24, 2.45) is 0 Å². The fourth-order valence-corrected chi connectivity index (χ4v) is 4.02. The maximum atomic E-state index is 12.5. The first kappa shape index (κ1) is 20.3. The van der Waals surface area contributed by atoms with Crippen LogP contribution in [0, 0.1) is 3.95 Å². The number of methoxy groups -OCH3 is 1. The molecule has 1 heterocycles. The minimum absolute atomic E-state index is 0.118. The second kappa shape index (κ2) is 9.64. The molecule has 5 nitrogen and oxygen atoms in total. The van der Waals surface area contributed by atoms with Gasteiger partial charge in [-0.25, -0.2) is 0 Å². The van der Waals surface area contributed by atoms with Gasteiger partial charge in [-0.15, -0.1) is 11.3 Å². The van der Waals surface area contributed by atoms with Crippen molar-refractivity contribution in [3.8, 4) is 16.2 Å². The lowest BCUT2D eigenvalue weighted by Crippen LogP contribution is -2.30. The lowest BCUT2D eigenvalue weighted by Gasteiger charge is -2.18. The summed E-state index contributed by atoms with van der Waals surface area (Å²) in [5.74, 6) is 0.885. The Kier molecular flexibility index (Phi) is 7.53. The molecule has 2 aromatic rings. The van der Waals surface area contributed by atoms with Crippen molar-refractivity contribution in [3.05, 3.63) is 44.6 Å². The Morgan fingerprint density at radius 3 is 2.42 bits per heavy atom. The number of benzene rings is 1. The highest BCUT2D eigenvalue weighted by molar-refractivity contribution is 7.73. The van der Waals surface area contributed by atoms with Crippen LogP contribution < -0.4 is 10.3 Å². The van der Waals surface area contributed by atoms with Gasteiger partial charge in [0, 0.05) is 37.0 Å². The van der Waals surface area contributed by atoms with Crippen molar-refractivity contribution in [3.63, 3.8) is 0 Å². The van der Waals surface area contributed by atoms with Crippen LogP contribution in [0.25, 0.3) is 10.4 Å². The Bertz CT molecular complexity index is 821. The first-order chi connectivity index (χ1) is 12.5. The molecule has 0 unspecified atom stereocenters. The first-order valence-corrected chi connectivity index (χ1v) is 9.89. The molecule has 140 valence electrons. The second-order valence-corrected chi connectivity index (χ2v) is 7.44. The second-order valence-electron chi connectivity index (χ2n) is 5.76. The zero-order valence-corrected chi connectivity index (χ0v) is 17.0. The average Bonchev–Trinajstić information content (AvgIpc) is 2.65. The third kappa shape index (κ3) is 5.02. The average molecular weight is 393 g/mol. The van der Waals surface area contributed by atoms with Crippen LogP contribution in [0.4, 0.5) is 0 Å². The molecule has 26 heavy (non-hydrogen) atoms. The third-order valence-corrected chi connectivity index (χ3v) is 5.64. The molecule has 0 atom stereocenters. The molecule has 1 aromatic carbocycles. The summed E-state index contributed by atoms with van der Waals surface area (Å²) in [5.41, 5.74) is 0.803. The summed E-state index contributed by atoms with van der Waals surface area (Å²) in [7, 11) is 1.62. The fourth-order valence-electron chi connectivity index (χ4n) is 2.68. The molecule has 0 fully saturated rings. The minimum atomic E-state index is -0.130. The van der Waals surface area contributed by atoms with Crippen LogP contribution in [-0.4, -0.2) is 35.6 Å². The zero-order valence-electron chi connectivity index (χ0n) is 15.4. The van der Waals surface area contributed by atoms with E-state index in [1.165, 1.54) is 11.3 Å². The van der Waals surface area contributed by atoms with Gasteiger partial charge in [-0.05, 0) is 62.3 Å². The summed E-state index contributed by atoms with van der Waals surface area (Å²) < 4.78 is 7.25. The molecule has 1 amide bonds. The number of carbonyl (C=O) groups is 1. The minimum Gasteiger partial charge on any atom is -0.497 e. The van der Waals surface area contributed by atoms with Gasteiger partial charge in [0.25, 0.3) is 5.56 Å². The van der Waals surface area contributed by atoms with Gasteiger partial charge in [0.05, 0.1) is 7.11 Å². The van der Waals surface area contributed by atoms with Gasteiger partial charge < -0.3 is 9.64 Å². The summed E-state index contributed by atoms with van der Waals surface area (Å²) in [6.07, 6.45) is 1.03. The lowest BCUT2D eigenvalue weighted by atomic mass is 10.2. The lowest BCUT2D eigenvalue weighted by molar-refractivity contribution is -0.130. The standard InChI is InChI=1S/C19H24N2O3S2/c1-4-20(5-2)17(22)7-6-12-21-18(23)13-16(26-19(21)25)14-8-10-15(24-3)11-9-14/h8-11,13H,4-7,12H2,1-3H3. The fraction of sp³-hybridized carbons (Fsp3) is 0.421. The van der Waals surface area contributed by atoms with E-state index in [0.717, 1.165) is 16.2 Å². The van der Waals surface area contributed by atoms with Gasteiger partial charge >= 0.3 is 0 Å². The number of hydrogen-bond acceptors (Lipinski definition) is 5. The third-order valence-electron chi connectivity index (χ3n) is 4.20. The molecule has 2 rings (SSSR count). The van der Waals surface area contributed by atoms with Crippen molar-refractivity contribution in [2.45, 2.75) is 33.2 Å². The molecule has 0 aliphatic carbocycles. The SMILES string of the molecule is CCN(CC)C(=O)CCCn1c(=O)cc(-c2ccc(OC)cc2)sc1=S. The topological polar surface area (TPSA) is 51.5 Å². The molecule has 0 aliphatic heterocycles. The molecular weight excluding hydrogens is 368 g/mol. The number of carbonyl (C=O) groups excluding carboxylic acids is 1. The van der Waals surface area contributed by atoms with Gasteiger partial charge in [-0.2, -0.15) is 0 Å². The molecule has 0 radical (unpaired) electrons. The van der Waals surface area contributed by atoms with E-state index in [0.29, 0.717) is 36.4 Å². The van der Waals surface area contributed by atoms with E-state index in [-0.39, 0.29) is 11.5 Å². The number of nitrogens with zero attached hydrogens (tertiary/aromatic N) is 2. The van der Waals surface area contributed by atoms with Crippen molar-refractivity contribution in [1.29, 1.82) is 0 Å². The van der Waals surface area contributed by atoms with E-state index in [1.807, 2.05) is 38.1 Å². The van der Waals surface area contributed by atoms with Crippen molar-refractivity contribution in [1.82, 2.24) is 9.47 Å². The number of hydrogen-bond donors (Lipinski definition) is 0. The monoisotopic (exact) mass is 392 g/mol. The normalized spacial score (nSPS) is 10.6. The van der Waals surface area contributed by atoms with E-state index in [1.54, 1.807) is 22.6 Å². The van der Waals surface area contributed by atoms with E-state index in [9.17, 15) is 9.59 Å². The first-order valence-electron chi connectivity index (χ1n) is 8.67. The van der Waals surface area contributed by atoms with Gasteiger partial charge in [0.2, 0.25) is 5.91 Å². The Morgan fingerprint density at radius 1 is 1.23 bits per heavy atom. The van der Waals surface area contributed by atoms with Crippen LogP contribution in [0.5, 0.6) is 5.75 Å². The highest BCUT2D eigenvalue weighted by Gasteiger charge is 2.10. The van der Waals surface area contributed by atoms with Crippen LogP contribution in [0.3, 0.4) is 0 Å². The van der Waals surface area contributed by atoms with Crippen molar-refractivity contribution < 1.29 is 9.53 Å². The molecule has 0 saturated heterocycles. The Hall–Kier alpha value is -1.99. The van der Waals surface area contributed by atoms with Gasteiger partial charge in [-0.3, -0.25) is 14.2 Å². The van der Waals surface area contributed by atoms with Crippen LogP contribution >= 0.6 is 23.6 Å². The molecule has 0 spiro atoms. The van der Waals surface area contributed by atoms with E-state index in [2.05, 4.69) is 0 Å². The van der Waals surface area contributed by atoms with Crippen molar-refractivity contribution in [2.75, 3.05) is 20.2 Å². The molecule has 1 aromatic heterocycles. The zero-order chi connectivity index (χ0) is 19.1. The Labute approximate surface area is 162 Å². The van der Waals surface area contributed by atoms with E-state index >= 15 is 0 Å². The summed E-state index contributed by atoms with van der Waals surface area (Å²) >= 11 is 6.81. The molecule has 7 heteroatoms. The van der Waals surface area contributed by atoms with Crippen LogP contribution in [-0.2, 0) is 11.3 Å². The Balaban J connectivity index is 2.10. The maximum absolute atomic E-state index is 12.5. The molecule has 0 N–H and O–H groups in total.